The van der Waals surface area contributed by atoms with Gasteiger partial charge in [0.2, 0.25) is 0 Å². The highest BCUT2D eigenvalue weighted by atomic mass is 79.9. The zero-order valence-corrected chi connectivity index (χ0v) is 12.2. The molecule has 0 aliphatic carbocycles. The lowest BCUT2D eigenvalue weighted by Crippen LogP contribution is -2.14. The molecule has 1 N–H and O–H groups in total. The molecule has 0 aliphatic heterocycles. The second-order valence-electron chi connectivity index (χ2n) is 3.75. The van der Waals surface area contributed by atoms with Gasteiger partial charge >= 0.3 is 0 Å². The Bertz CT molecular complexity index is 681. The minimum Gasteiger partial charge on any atom is -0.339 e. The van der Waals surface area contributed by atoms with Crippen molar-refractivity contribution in [1.82, 2.24) is 14.5 Å². The number of halogens is 1. The summed E-state index contributed by atoms with van der Waals surface area (Å²) in [6, 6.07) is 3.32. The zero-order chi connectivity index (χ0) is 13.3. The van der Waals surface area contributed by atoms with E-state index in [2.05, 4.69) is 30.6 Å². The Balaban J connectivity index is 2.33. The molecule has 0 fully saturated rings. The minimum absolute atomic E-state index is 0.0210. The van der Waals surface area contributed by atoms with Gasteiger partial charge in [-0.05, 0) is 35.0 Å². The van der Waals surface area contributed by atoms with E-state index in [0.29, 0.717) is 16.0 Å². The first-order valence-electron chi connectivity index (χ1n) is 5.02. The van der Waals surface area contributed by atoms with Crippen molar-refractivity contribution in [1.29, 1.82) is 0 Å². The van der Waals surface area contributed by atoms with Crippen molar-refractivity contribution in [2.75, 3.05) is 4.72 Å². The molecule has 6 nitrogen and oxygen atoms in total. The highest BCUT2D eigenvalue weighted by Crippen LogP contribution is 2.19. The summed E-state index contributed by atoms with van der Waals surface area (Å²) < 4.78 is 28.7. The molecular formula is C10H11BrN4O2S. The Morgan fingerprint density at radius 3 is 2.67 bits per heavy atom. The smallest absolute Gasteiger partial charge is 0.281 e. The lowest BCUT2D eigenvalue weighted by atomic mass is 10.3. The molecule has 0 unspecified atom stereocenters. The van der Waals surface area contributed by atoms with Crippen LogP contribution in [-0.2, 0) is 17.1 Å². The van der Waals surface area contributed by atoms with Crippen LogP contribution in [0.5, 0.6) is 0 Å². The number of aryl methyl sites for hydroxylation is 2. The van der Waals surface area contributed by atoms with Crippen LogP contribution in [0.3, 0.4) is 0 Å². The standard InChI is InChI=1S/C10H11BrN4O2S/c1-7-8(3-4-9(11)13-7)14-18(16,17)10-5-15(2)6-12-10/h3-6,14H,1-2H3. The molecule has 0 bridgehead atoms. The number of sulfonamides is 1. The van der Waals surface area contributed by atoms with E-state index in [1.807, 2.05) is 0 Å². The molecule has 0 aliphatic rings. The number of hydrogen-bond acceptors (Lipinski definition) is 4. The lowest BCUT2D eigenvalue weighted by Gasteiger charge is -2.08. The van der Waals surface area contributed by atoms with Crippen molar-refractivity contribution in [3.05, 3.63) is 35.0 Å². The highest BCUT2D eigenvalue weighted by Gasteiger charge is 2.18. The van der Waals surface area contributed by atoms with E-state index in [1.165, 1.54) is 12.5 Å². The van der Waals surface area contributed by atoms with Gasteiger partial charge in [0.25, 0.3) is 10.0 Å². The summed E-state index contributed by atoms with van der Waals surface area (Å²) in [7, 11) is -1.96. The molecule has 0 aromatic carbocycles. The third-order valence-electron chi connectivity index (χ3n) is 2.25. The average Bonchev–Trinajstić information content (AvgIpc) is 2.70. The number of hydrogen-bond donors (Lipinski definition) is 1. The van der Waals surface area contributed by atoms with Crippen LogP contribution in [0, 0.1) is 6.92 Å². The van der Waals surface area contributed by atoms with Crippen molar-refractivity contribution in [2.24, 2.45) is 7.05 Å². The van der Waals surface area contributed by atoms with Crippen LogP contribution >= 0.6 is 15.9 Å². The molecule has 0 spiro atoms. The molecule has 2 aromatic rings. The first-order chi connectivity index (χ1) is 8.38. The van der Waals surface area contributed by atoms with Gasteiger partial charge in [0.05, 0.1) is 17.7 Å². The molecule has 0 radical (unpaired) electrons. The molecular weight excluding hydrogens is 320 g/mol. The van der Waals surface area contributed by atoms with Crippen molar-refractivity contribution >= 4 is 31.6 Å². The maximum atomic E-state index is 12.0. The Kier molecular flexibility index (Phi) is 3.40. The number of nitrogens with one attached hydrogen (secondary N) is 1. The summed E-state index contributed by atoms with van der Waals surface area (Å²) in [5.41, 5.74) is 1.02. The van der Waals surface area contributed by atoms with Gasteiger partial charge in [0.15, 0.2) is 5.03 Å². The van der Waals surface area contributed by atoms with E-state index < -0.39 is 10.0 Å². The van der Waals surface area contributed by atoms with Gasteiger partial charge in [-0.3, -0.25) is 4.72 Å². The van der Waals surface area contributed by atoms with E-state index in [0.717, 1.165) is 0 Å². The summed E-state index contributed by atoms with van der Waals surface area (Å²) in [6.07, 6.45) is 2.87. The maximum absolute atomic E-state index is 12.0. The van der Waals surface area contributed by atoms with Crippen LogP contribution in [0.25, 0.3) is 0 Å². The number of nitrogens with zero attached hydrogens (tertiary/aromatic N) is 3. The number of pyridine rings is 1. The molecule has 2 heterocycles. The topological polar surface area (TPSA) is 76.9 Å². The third kappa shape index (κ3) is 2.70. The highest BCUT2D eigenvalue weighted by molar-refractivity contribution is 9.10. The molecule has 0 amide bonds. The van der Waals surface area contributed by atoms with Crippen LogP contribution < -0.4 is 4.72 Å². The van der Waals surface area contributed by atoms with Crippen LogP contribution in [0.1, 0.15) is 5.69 Å². The predicted molar refractivity (Wildman–Crippen MR) is 70.7 cm³/mol. The van der Waals surface area contributed by atoms with Gasteiger partial charge in [-0.25, -0.2) is 9.97 Å². The van der Waals surface area contributed by atoms with Crippen molar-refractivity contribution in [2.45, 2.75) is 11.9 Å². The Morgan fingerprint density at radius 1 is 1.39 bits per heavy atom. The molecule has 8 heteroatoms. The van der Waals surface area contributed by atoms with E-state index in [-0.39, 0.29) is 5.03 Å². The molecule has 96 valence electrons. The Labute approximate surface area is 113 Å². The monoisotopic (exact) mass is 330 g/mol. The molecule has 0 atom stereocenters. The van der Waals surface area contributed by atoms with E-state index >= 15 is 0 Å². The normalized spacial score (nSPS) is 11.5. The molecule has 0 saturated heterocycles. The second kappa shape index (κ2) is 4.69. The van der Waals surface area contributed by atoms with Crippen LogP contribution in [0.2, 0.25) is 0 Å². The van der Waals surface area contributed by atoms with Gasteiger partial charge in [-0.2, -0.15) is 8.42 Å². The number of rotatable bonds is 3. The number of aromatic nitrogens is 3. The fourth-order valence-corrected chi connectivity index (χ4v) is 2.86. The second-order valence-corrected chi connectivity index (χ2v) is 6.19. The zero-order valence-electron chi connectivity index (χ0n) is 9.75. The van der Waals surface area contributed by atoms with Crippen molar-refractivity contribution in [3.8, 4) is 0 Å². The van der Waals surface area contributed by atoms with Crippen LogP contribution in [0.4, 0.5) is 5.69 Å². The van der Waals surface area contributed by atoms with Gasteiger partial charge in [0.1, 0.15) is 4.60 Å². The summed E-state index contributed by atoms with van der Waals surface area (Å²) >= 11 is 3.22. The summed E-state index contributed by atoms with van der Waals surface area (Å²) in [5.74, 6) is 0. The molecule has 18 heavy (non-hydrogen) atoms. The molecule has 2 rings (SSSR count). The number of anilines is 1. The molecule has 2 aromatic heterocycles. The fraction of sp³-hybridized carbons (Fsp3) is 0.200. The van der Waals surface area contributed by atoms with Crippen molar-refractivity contribution in [3.63, 3.8) is 0 Å². The van der Waals surface area contributed by atoms with Gasteiger partial charge in [-0.1, -0.05) is 0 Å². The van der Waals surface area contributed by atoms with Gasteiger partial charge < -0.3 is 4.57 Å². The largest absolute Gasteiger partial charge is 0.339 e. The van der Waals surface area contributed by atoms with E-state index in [9.17, 15) is 8.42 Å². The van der Waals surface area contributed by atoms with E-state index in [4.69, 9.17) is 0 Å². The summed E-state index contributed by atoms with van der Waals surface area (Å²) in [4.78, 5) is 7.93. The van der Waals surface area contributed by atoms with Gasteiger partial charge in [-0.15, -0.1) is 0 Å². The van der Waals surface area contributed by atoms with Crippen molar-refractivity contribution < 1.29 is 8.42 Å². The summed E-state index contributed by atoms with van der Waals surface area (Å²) in [6.45, 7) is 1.72. The third-order valence-corrected chi connectivity index (χ3v) is 3.94. The molecule has 0 saturated carbocycles. The quantitative estimate of drug-likeness (QED) is 0.869. The predicted octanol–water partition coefficient (Wildman–Crippen LogP) is 1.69. The first-order valence-corrected chi connectivity index (χ1v) is 7.30. The average molecular weight is 331 g/mol. The van der Waals surface area contributed by atoms with Crippen LogP contribution in [0.15, 0.2) is 34.3 Å². The number of imidazole rings is 1. The lowest BCUT2D eigenvalue weighted by molar-refractivity contribution is 0.598. The fourth-order valence-electron chi connectivity index (χ4n) is 1.36. The Hall–Kier alpha value is -1.41. The van der Waals surface area contributed by atoms with Crippen LogP contribution in [-0.4, -0.2) is 23.0 Å². The Morgan fingerprint density at radius 2 is 2.11 bits per heavy atom. The SMILES string of the molecule is Cc1nc(Br)ccc1NS(=O)(=O)c1cn(C)cn1. The first kappa shape index (κ1) is 13.0. The van der Waals surface area contributed by atoms with E-state index in [1.54, 1.807) is 30.7 Å². The summed E-state index contributed by atoms with van der Waals surface area (Å²) in [5, 5.41) is -0.0210. The minimum atomic E-state index is -3.67. The van der Waals surface area contributed by atoms with Gasteiger partial charge in [0, 0.05) is 13.2 Å². The maximum Gasteiger partial charge on any atom is 0.281 e.